The fourth-order valence-corrected chi connectivity index (χ4v) is 3.11. The van der Waals surface area contributed by atoms with Gasteiger partial charge in [-0.1, -0.05) is 42.5 Å². The molecule has 0 unspecified atom stereocenters. The highest BCUT2D eigenvalue weighted by atomic mass is 16.5. The zero-order valence-corrected chi connectivity index (χ0v) is 17.7. The highest BCUT2D eigenvalue weighted by molar-refractivity contribution is 5.27. The number of rotatable bonds is 11. The van der Waals surface area contributed by atoms with Gasteiger partial charge in [-0.05, 0) is 37.2 Å². The topological polar surface area (TPSA) is 70.5 Å². The number of hydrogen-bond acceptors (Lipinski definition) is 6. The fourth-order valence-electron chi connectivity index (χ4n) is 3.11. The lowest BCUT2D eigenvalue weighted by Gasteiger charge is -2.21. The van der Waals surface area contributed by atoms with Crippen LogP contribution in [0.5, 0.6) is 5.75 Å². The van der Waals surface area contributed by atoms with E-state index in [4.69, 9.17) is 4.74 Å². The molecule has 30 heavy (non-hydrogen) atoms. The summed E-state index contributed by atoms with van der Waals surface area (Å²) in [6.45, 7) is 4.96. The fraction of sp³-hybridized carbons (Fsp3) is 0.333. The first-order chi connectivity index (χ1) is 14.6. The smallest absolute Gasteiger partial charge is 0.119 e. The second-order valence-corrected chi connectivity index (χ2v) is 7.54. The van der Waals surface area contributed by atoms with Gasteiger partial charge in [-0.15, -0.1) is 0 Å². The summed E-state index contributed by atoms with van der Waals surface area (Å²) in [6, 6.07) is 18.2. The Labute approximate surface area is 178 Å². The summed E-state index contributed by atoms with van der Waals surface area (Å²) >= 11 is 0. The van der Waals surface area contributed by atoms with E-state index >= 15 is 0 Å². The molecular formula is C24H30N4O2. The quantitative estimate of drug-likeness (QED) is 0.510. The first kappa shape index (κ1) is 21.9. The van der Waals surface area contributed by atoms with Crippen LogP contribution in [0, 0.1) is 6.92 Å². The third-order valence-corrected chi connectivity index (χ3v) is 4.65. The van der Waals surface area contributed by atoms with E-state index in [0.29, 0.717) is 13.1 Å². The molecule has 1 heterocycles. The van der Waals surface area contributed by atoms with Gasteiger partial charge in [-0.25, -0.2) is 0 Å². The molecule has 3 aromatic rings. The molecule has 2 N–H and O–H groups in total. The van der Waals surface area contributed by atoms with Crippen molar-refractivity contribution >= 4 is 0 Å². The molecule has 0 saturated heterocycles. The van der Waals surface area contributed by atoms with Crippen molar-refractivity contribution in [2.45, 2.75) is 32.7 Å². The average Bonchev–Trinajstić information content (AvgIpc) is 2.75. The lowest BCUT2D eigenvalue weighted by atomic mass is 10.2. The highest BCUT2D eigenvalue weighted by Crippen LogP contribution is 2.13. The molecular weight excluding hydrogens is 376 g/mol. The molecule has 0 aliphatic heterocycles. The van der Waals surface area contributed by atoms with Gasteiger partial charge < -0.3 is 15.2 Å². The number of nitrogens with one attached hydrogen (secondary N) is 1. The van der Waals surface area contributed by atoms with Crippen LogP contribution in [0.1, 0.15) is 22.5 Å². The van der Waals surface area contributed by atoms with E-state index in [1.807, 2.05) is 56.4 Å². The minimum Gasteiger partial charge on any atom is -0.491 e. The first-order valence-electron chi connectivity index (χ1n) is 10.2. The van der Waals surface area contributed by atoms with Crippen LogP contribution in [0.4, 0.5) is 0 Å². The van der Waals surface area contributed by atoms with E-state index in [9.17, 15) is 5.11 Å². The number of nitrogens with zero attached hydrogens (tertiary/aromatic N) is 3. The van der Waals surface area contributed by atoms with Gasteiger partial charge in [0, 0.05) is 38.6 Å². The van der Waals surface area contributed by atoms with E-state index in [1.165, 1.54) is 5.56 Å². The molecule has 1 atom stereocenters. The van der Waals surface area contributed by atoms with E-state index in [1.54, 1.807) is 12.4 Å². The zero-order valence-electron chi connectivity index (χ0n) is 17.7. The van der Waals surface area contributed by atoms with Crippen LogP contribution in [-0.2, 0) is 19.6 Å². The van der Waals surface area contributed by atoms with Crippen LogP contribution in [0.25, 0.3) is 0 Å². The van der Waals surface area contributed by atoms with Crippen molar-refractivity contribution in [2.75, 3.05) is 20.2 Å². The van der Waals surface area contributed by atoms with Gasteiger partial charge in [0.25, 0.3) is 0 Å². The van der Waals surface area contributed by atoms with Crippen molar-refractivity contribution in [3.63, 3.8) is 0 Å². The molecule has 0 bridgehead atoms. The number of ether oxygens (including phenoxy) is 1. The van der Waals surface area contributed by atoms with Gasteiger partial charge in [-0.2, -0.15) is 0 Å². The zero-order chi connectivity index (χ0) is 21.2. The second-order valence-electron chi connectivity index (χ2n) is 7.54. The molecule has 158 valence electrons. The van der Waals surface area contributed by atoms with Gasteiger partial charge >= 0.3 is 0 Å². The lowest BCUT2D eigenvalue weighted by molar-refractivity contribution is 0.0744. The van der Waals surface area contributed by atoms with E-state index in [-0.39, 0.29) is 6.61 Å². The molecule has 0 radical (unpaired) electrons. The van der Waals surface area contributed by atoms with Gasteiger partial charge in [0.05, 0.1) is 11.4 Å². The van der Waals surface area contributed by atoms with Crippen molar-refractivity contribution in [3.8, 4) is 5.75 Å². The second kappa shape index (κ2) is 11.4. The van der Waals surface area contributed by atoms with Crippen LogP contribution >= 0.6 is 0 Å². The van der Waals surface area contributed by atoms with Crippen molar-refractivity contribution < 1.29 is 9.84 Å². The molecule has 0 amide bonds. The molecule has 3 rings (SSSR count). The molecule has 0 spiro atoms. The lowest BCUT2D eigenvalue weighted by Crippen LogP contribution is -2.32. The summed E-state index contributed by atoms with van der Waals surface area (Å²) in [5.74, 6) is 0.757. The first-order valence-corrected chi connectivity index (χ1v) is 10.2. The van der Waals surface area contributed by atoms with Crippen molar-refractivity contribution in [3.05, 3.63) is 89.5 Å². The van der Waals surface area contributed by atoms with Crippen molar-refractivity contribution in [1.82, 2.24) is 20.2 Å². The van der Waals surface area contributed by atoms with Crippen molar-refractivity contribution in [1.29, 1.82) is 0 Å². The molecule has 0 fully saturated rings. The Kier molecular flexibility index (Phi) is 8.32. The Hall–Kier alpha value is -2.80. The van der Waals surface area contributed by atoms with Crippen LogP contribution in [-0.4, -0.2) is 46.3 Å². The van der Waals surface area contributed by atoms with Gasteiger partial charge in [0.15, 0.2) is 0 Å². The normalized spacial score (nSPS) is 12.1. The molecule has 0 aliphatic rings. The van der Waals surface area contributed by atoms with Crippen LogP contribution < -0.4 is 10.1 Å². The van der Waals surface area contributed by atoms with Crippen LogP contribution in [0.15, 0.2) is 67.0 Å². The average molecular weight is 407 g/mol. The number of likely N-dealkylation sites (N-methyl/N-ethyl adjacent to an activating group) is 1. The minimum atomic E-state index is -0.546. The highest BCUT2D eigenvalue weighted by Gasteiger charge is 2.10. The number of aliphatic hydroxyl groups excluding tert-OH is 1. The number of benzene rings is 2. The van der Waals surface area contributed by atoms with E-state index < -0.39 is 6.10 Å². The molecule has 6 nitrogen and oxygen atoms in total. The Morgan fingerprint density at radius 2 is 1.73 bits per heavy atom. The standard InChI is InChI=1S/C24H30N4O2/c1-19-12-27-22(15-26-19)14-25-13-20-8-10-24(11-9-20)30-18-23(29)17-28(2)16-21-6-4-3-5-7-21/h3-12,15,23,25,29H,13-14,16-18H2,1-2H3/t23-/m0/s1. The minimum absolute atomic E-state index is 0.267. The van der Waals surface area contributed by atoms with Crippen molar-refractivity contribution in [2.24, 2.45) is 0 Å². The van der Waals surface area contributed by atoms with Crippen LogP contribution in [0.2, 0.25) is 0 Å². The Morgan fingerprint density at radius 3 is 2.43 bits per heavy atom. The van der Waals surface area contributed by atoms with Crippen LogP contribution in [0.3, 0.4) is 0 Å². The summed E-state index contributed by atoms with van der Waals surface area (Å²) in [4.78, 5) is 10.7. The van der Waals surface area contributed by atoms with E-state index in [2.05, 4.69) is 32.3 Å². The summed E-state index contributed by atoms with van der Waals surface area (Å²) in [5, 5.41) is 13.6. The number of hydrogen-bond donors (Lipinski definition) is 2. The Balaban J connectivity index is 1.35. The maximum atomic E-state index is 10.3. The maximum absolute atomic E-state index is 10.3. The molecule has 0 saturated carbocycles. The Bertz CT molecular complexity index is 870. The summed E-state index contributed by atoms with van der Waals surface area (Å²) < 4.78 is 5.74. The SMILES string of the molecule is Cc1cnc(CNCc2ccc(OC[C@@H](O)CN(C)Cc3ccccc3)cc2)cn1. The monoisotopic (exact) mass is 406 g/mol. The molecule has 2 aromatic carbocycles. The van der Waals surface area contributed by atoms with Gasteiger partial charge in [-0.3, -0.25) is 14.9 Å². The third kappa shape index (κ3) is 7.55. The third-order valence-electron chi connectivity index (χ3n) is 4.65. The summed E-state index contributed by atoms with van der Waals surface area (Å²) in [5.41, 5.74) is 4.23. The van der Waals surface area contributed by atoms with E-state index in [0.717, 1.165) is 35.8 Å². The summed E-state index contributed by atoms with van der Waals surface area (Å²) in [6.07, 6.45) is 3.02. The molecule has 6 heteroatoms. The maximum Gasteiger partial charge on any atom is 0.119 e. The largest absolute Gasteiger partial charge is 0.491 e. The van der Waals surface area contributed by atoms with Gasteiger partial charge in [0.2, 0.25) is 0 Å². The molecule has 0 aliphatic carbocycles. The summed E-state index contributed by atoms with van der Waals surface area (Å²) in [7, 11) is 2.00. The molecule has 1 aromatic heterocycles. The number of aliphatic hydroxyl groups is 1. The predicted molar refractivity (Wildman–Crippen MR) is 118 cm³/mol. The Morgan fingerprint density at radius 1 is 0.967 bits per heavy atom. The number of aryl methyl sites for hydroxylation is 1. The van der Waals surface area contributed by atoms with Gasteiger partial charge in [0.1, 0.15) is 18.5 Å². The number of aromatic nitrogens is 2. The predicted octanol–water partition coefficient (Wildman–Crippen LogP) is 2.95.